The first-order valence-electron chi connectivity index (χ1n) is 13.4. The van der Waals surface area contributed by atoms with Gasteiger partial charge in [0.25, 0.3) is 0 Å². The van der Waals surface area contributed by atoms with Crippen LogP contribution in [0.25, 0.3) is 33.3 Å². The molecule has 8 heteroatoms. The monoisotopic (exact) mass is 542 g/mol. The Kier molecular flexibility index (Phi) is 7.27. The second-order valence-electron chi connectivity index (χ2n) is 10.4. The topological polar surface area (TPSA) is 88.9 Å². The lowest BCUT2D eigenvalue weighted by Gasteiger charge is -2.36. The average molecular weight is 543 g/mol. The van der Waals surface area contributed by atoms with E-state index in [1.807, 2.05) is 42.5 Å². The second kappa shape index (κ2) is 10.7. The van der Waals surface area contributed by atoms with Gasteiger partial charge in [-0.25, -0.2) is 4.79 Å². The van der Waals surface area contributed by atoms with Crippen LogP contribution in [0.5, 0.6) is 11.5 Å². The summed E-state index contributed by atoms with van der Waals surface area (Å²) in [6.45, 7) is 6.93. The Balaban J connectivity index is 1.93. The number of benzene rings is 2. The van der Waals surface area contributed by atoms with Crippen molar-refractivity contribution in [3.8, 4) is 33.9 Å². The molecule has 40 heavy (non-hydrogen) atoms. The van der Waals surface area contributed by atoms with Crippen LogP contribution < -0.4 is 9.47 Å². The maximum Gasteiger partial charge on any atom is 0.340 e. The van der Waals surface area contributed by atoms with Crippen molar-refractivity contribution in [1.82, 2.24) is 9.55 Å². The molecule has 5 rings (SSSR count). The van der Waals surface area contributed by atoms with E-state index in [1.54, 1.807) is 27.3 Å². The normalized spacial score (nSPS) is 13.3. The third-order valence-corrected chi connectivity index (χ3v) is 7.62. The molecule has 0 unspecified atom stereocenters. The van der Waals surface area contributed by atoms with Crippen molar-refractivity contribution >= 4 is 22.8 Å². The quantitative estimate of drug-likeness (QED) is 0.254. The third-order valence-electron chi connectivity index (χ3n) is 7.62. The molecule has 8 nitrogen and oxygen atoms in total. The summed E-state index contributed by atoms with van der Waals surface area (Å²) in [5.41, 5.74) is 6.05. The maximum atomic E-state index is 13.9. The van der Waals surface area contributed by atoms with Crippen LogP contribution >= 0.6 is 0 Å². The van der Waals surface area contributed by atoms with E-state index in [9.17, 15) is 9.59 Å². The number of rotatable bonds is 8. The molecule has 2 aromatic heterocycles. The molecule has 2 aromatic carbocycles. The Morgan fingerprint density at radius 3 is 2.42 bits per heavy atom. The fourth-order valence-electron chi connectivity index (χ4n) is 5.83. The molecule has 3 heterocycles. The molecule has 0 bridgehead atoms. The number of nitrogens with zero attached hydrogens (tertiary/aromatic N) is 2. The number of methoxy groups -OCH3 is 3. The zero-order chi connectivity index (χ0) is 28.6. The van der Waals surface area contributed by atoms with Crippen molar-refractivity contribution in [2.75, 3.05) is 27.9 Å². The lowest BCUT2D eigenvalue weighted by molar-refractivity contribution is -0.140. The van der Waals surface area contributed by atoms with Gasteiger partial charge in [-0.05, 0) is 48.7 Å². The van der Waals surface area contributed by atoms with Crippen molar-refractivity contribution in [2.45, 2.75) is 45.6 Å². The molecular weight excluding hydrogens is 508 g/mol. The summed E-state index contributed by atoms with van der Waals surface area (Å²) in [7, 11) is 4.60. The van der Waals surface area contributed by atoms with Gasteiger partial charge in [0.15, 0.2) is 11.5 Å². The Bertz CT molecular complexity index is 1610. The van der Waals surface area contributed by atoms with Crippen LogP contribution in [-0.2, 0) is 32.6 Å². The molecule has 0 fully saturated rings. The molecule has 0 radical (unpaired) electrons. The second-order valence-corrected chi connectivity index (χ2v) is 10.4. The molecule has 0 N–H and O–H groups in total. The van der Waals surface area contributed by atoms with Crippen LogP contribution in [-0.4, -0.2) is 49.4 Å². The van der Waals surface area contributed by atoms with Crippen molar-refractivity contribution in [2.24, 2.45) is 0 Å². The third kappa shape index (κ3) is 4.47. The molecule has 1 aliphatic heterocycles. The summed E-state index contributed by atoms with van der Waals surface area (Å²) < 4.78 is 24.2. The predicted octanol–water partition coefficient (Wildman–Crippen LogP) is 5.96. The molecule has 1 aliphatic rings. The number of fused-ring (bicyclic) bond motifs is 4. The summed E-state index contributed by atoms with van der Waals surface area (Å²) in [6.07, 6.45) is 2.29. The number of esters is 2. The van der Waals surface area contributed by atoms with Gasteiger partial charge < -0.3 is 23.5 Å². The highest BCUT2D eigenvalue weighted by Gasteiger charge is 2.40. The number of pyridine rings is 1. The van der Waals surface area contributed by atoms with Gasteiger partial charge in [0, 0.05) is 40.4 Å². The Morgan fingerprint density at radius 1 is 1.00 bits per heavy atom. The van der Waals surface area contributed by atoms with Crippen LogP contribution in [0.15, 0.2) is 48.7 Å². The lowest BCUT2D eigenvalue weighted by atomic mass is 9.77. The summed E-state index contributed by atoms with van der Waals surface area (Å²) in [6, 6.07) is 13.7. The van der Waals surface area contributed by atoms with E-state index < -0.39 is 5.97 Å². The number of aromatic nitrogens is 2. The molecule has 4 aromatic rings. The predicted molar refractivity (Wildman–Crippen MR) is 153 cm³/mol. The van der Waals surface area contributed by atoms with Crippen LogP contribution in [0.1, 0.15) is 48.8 Å². The minimum Gasteiger partial charge on any atom is -0.493 e. The van der Waals surface area contributed by atoms with Crippen LogP contribution in [0, 0.1) is 0 Å². The van der Waals surface area contributed by atoms with E-state index in [0.29, 0.717) is 30.0 Å². The SMILES string of the molecule is CCOC(=O)c1c(-c2ccnc3ccccc23)c(CCC(=O)OC)n2c1-c1cc(OC)c(OC)cc1C(C)(C)C2. The van der Waals surface area contributed by atoms with E-state index in [-0.39, 0.29) is 24.4 Å². The van der Waals surface area contributed by atoms with E-state index in [0.717, 1.165) is 44.5 Å². The number of hydrogen-bond donors (Lipinski definition) is 0. The minimum atomic E-state index is -0.424. The highest BCUT2D eigenvalue weighted by Crippen LogP contribution is 2.51. The fraction of sp³-hybridized carbons (Fsp3) is 0.344. The van der Waals surface area contributed by atoms with Gasteiger partial charge in [-0.15, -0.1) is 0 Å². The summed E-state index contributed by atoms with van der Waals surface area (Å²) in [4.78, 5) is 30.8. The van der Waals surface area contributed by atoms with Gasteiger partial charge in [0.2, 0.25) is 0 Å². The van der Waals surface area contributed by atoms with Crippen LogP contribution in [0.3, 0.4) is 0 Å². The van der Waals surface area contributed by atoms with E-state index in [4.69, 9.17) is 18.9 Å². The smallest absolute Gasteiger partial charge is 0.340 e. The number of ether oxygens (including phenoxy) is 4. The largest absolute Gasteiger partial charge is 0.493 e. The van der Waals surface area contributed by atoms with Crippen molar-refractivity contribution in [1.29, 1.82) is 0 Å². The standard InChI is InChI=1S/C32H34N2O6/c1-7-40-31(36)29-28(20-14-15-33-23-11-9-8-10-19(20)23)24(12-13-27(35)39-6)34-18-32(2,3)22-17-26(38-5)25(37-4)16-21(22)30(29)34/h8-11,14-17H,7,12-13,18H2,1-6H3. The van der Waals surface area contributed by atoms with Crippen LogP contribution in [0.4, 0.5) is 0 Å². The molecule has 0 saturated carbocycles. The highest BCUT2D eigenvalue weighted by molar-refractivity contribution is 6.09. The Labute approximate surface area is 233 Å². The van der Waals surface area contributed by atoms with Gasteiger partial charge in [-0.2, -0.15) is 0 Å². The number of para-hydroxylation sites is 1. The van der Waals surface area contributed by atoms with Gasteiger partial charge in [0.05, 0.1) is 51.1 Å². The molecular formula is C32H34N2O6. The Hall–Kier alpha value is -4.33. The van der Waals surface area contributed by atoms with Crippen molar-refractivity contribution < 1.29 is 28.5 Å². The summed E-state index contributed by atoms with van der Waals surface area (Å²) in [5, 5.41) is 0.907. The minimum absolute atomic E-state index is 0.164. The molecule has 0 spiro atoms. The van der Waals surface area contributed by atoms with Gasteiger partial charge in [-0.3, -0.25) is 9.78 Å². The first-order chi connectivity index (χ1) is 19.2. The zero-order valence-electron chi connectivity index (χ0n) is 23.8. The molecule has 0 amide bonds. The molecule has 208 valence electrons. The van der Waals surface area contributed by atoms with E-state index in [2.05, 4.69) is 23.4 Å². The highest BCUT2D eigenvalue weighted by atomic mass is 16.5. The first-order valence-corrected chi connectivity index (χ1v) is 13.4. The van der Waals surface area contributed by atoms with Gasteiger partial charge >= 0.3 is 11.9 Å². The van der Waals surface area contributed by atoms with Gasteiger partial charge in [0.1, 0.15) is 0 Å². The van der Waals surface area contributed by atoms with Crippen molar-refractivity contribution in [3.63, 3.8) is 0 Å². The number of hydrogen-bond acceptors (Lipinski definition) is 7. The number of carbonyl (C=O) groups is 2. The Morgan fingerprint density at radius 2 is 1.73 bits per heavy atom. The fourth-order valence-corrected chi connectivity index (χ4v) is 5.83. The van der Waals surface area contributed by atoms with Crippen LogP contribution in [0.2, 0.25) is 0 Å². The molecule has 0 saturated heterocycles. The van der Waals surface area contributed by atoms with E-state index in [1.165, 1.54) is 7.11 Å². The zero-order valence-corrected chi connectivity index (χ0v) is 23.8. The lowest BCUT2D eigenvalue weighted by Crippen LogP contribution is -2.31. The summed E-state index contributed by atoms with van der Waals surface area (Å²) in [5.74, 6) is 0.444. The first kappa shape index (κ1) is 27.2. The van der Waals surface area contributed by atoms with E-state index >= 15 is 0 Å². The van der Waals surface area contributed by atoms with Crippen molar-refractivity contribution in [3.05, 3.63) is 65.5 Å². The maximum absolute atomic E-state index is 13.9. The number of carbonyl (C=O) groups excluding carboxylic acids is 2. The summed E-state index contributed by atoms with van der Waals surface area (Å²) >= 11 is 0. The average Bonchev–Trinajstić information content (AvgIpc) is 3.27. The molecule has 0 atom stereocenters. The van der Waals surface area contributed by atoms with Gasteiger partial charge in [-0.1, -0.05) is 32.0 Å². The molecule has 0 aliphatic carbocycles.